The first-order chi connectivity index (χ1) is 14.8. The molecule has 3 nitrogen and oxygen atoms in total. The Labute approximate surface area is 192 Å². The summed E-state index contributed by atoms with van der Waals surface area (Å²) in [5.74, 6) is 1.56. The molecule has 2 heterocycles. The molecular formula is C25H53F3N2O. The van der Waals surface area contributed by atoms with Gasteiger partial charge in [-0.25, -0.2) is 0 Å². The van der Waals surface area contributed by atoms with Crippen LogP contribution in [0.5, 0.6) is 0 Å². The molecule has 0 radical (unpaired) electrons. The average Bonchev–Trinajstić information content (AvgIpc) is 2.80. The molecule has 0 N–H and O–H groups in total. The van der Waals surface area contributed by atoms with Gasteiger partial charge in [-0.1, -0.05) is 55.4 Å². The highest BCUT2D eigenvalue weighted by Gasteiger charge is 2.31. The Morgan fingerprint density at radius 2 is 1.10 bits per heavy atom. The van der Waals surface area contributed by atoms with E-state index in [4.69, 9.17) is 4.74 Å². The Morgan fingerprint density at radius 1 is 0.677 bits per heavy atom. The lowest BCUT2D eigenvalue weighted by molar-refractivity contribution is -0.148. The fourth-order valence-electron chi connectivity index (χ4n) is 4.02. The number of morpholine rings is 1. The van der Waals surface area contributed by atoms with Crippen LogP contribution in [0.15, 0.2) is 0 Å². The number of rotatable bonds is 2. The van der Waals surface area contributed by atoms with Gasteiger partial charge < -0.3 is 4.74 Å². The van der Waals surface area contributed by atoms with Gasteiger partial charge in [0.15, 0.2) is 0 Å². The third-order valence-electron chi connectivity index (χ3n) is 5.83. The maximum Gasteiger partial charge on any atom is 0.401 e. The second-order valence-corrected chi connectivity index (χ2v) is 8.14. The zero-order valence-corrected chi connectivity index (χ0v) is 21.9. The van der Waals surface area contributed by atoms with Gasteiger partial charge in [-0.2, -0.15) is 13.2 Å². The van der Waals surface area contributed by atoms with Crippen LogP contribution in [0.25, 0.3) is 0 Å². The van der Waals surface area contributed by atoms with Gasteiger partial charge in [0.05, 0.1) is 19.8 Å². The molecule has 0 spiro atoms. The van der Waals surface area contributed by atoms with Gasteiger partial charge in [-0.15, -0.1) is 0 Å². The molecule has 3 rings (SSSR count). The molecule has 31 heavy (non-hydrogen) atoms. The van der Waals surface area contributed by atoms with Crippen molar-refractivity contribution in [1.29, 1.82) is 0 Å². The van der Waals surface area contributed by atoms with E-state index in [2.05, 4.69) is 18.7 Å². The number of hydrogen-bond acceptors (Lipinski definition) is 3. The number of nitrogens with zero attached hydrogens (tertiary/aromatic N) is 2. The van der Waals surface area contributed by atoms with E-state index in [1.807, 2.05) is 41.5 Å². The fraction of sp³-hybridized carbons (Fsp3) is 1.00. The number of ether oxygens (including phenoxy) is 1. The molecule has 1 aliphatic carbocycles. The normalized spacial score (nSPS) is 25.3. The molecule has 2 saturated heterocycles. The molecule has 0 aromatic carbocycles. The van der Waals surface area contributed by atoms with Crippen LogP contribution >= 0.6 is 0 Å². The van der Waals surface area contributed by atoms with Crippen LogP contribution in [-0.4, -0.2) is 68.0 Å². The van der Waals surface area contributed by atoms with Gasteiger partial charge in [0.2, 0.25) is 0 Å². The third kappa shape index (κ3) is 16.9. The van der Waals surface area contributed by atoms with Gasteiger partial charge in [-0.05, 0) is 63.5 Å². The van der Waals surface area contributed by atoms with Gasteiger partial charge in [0.25, 0.3) is 0 Å². The van der Waals surface area contributed by atoms with Crippen LogP contribution in [0.4, 0.5) is 13.2 Å². The number of hydrogen-bond donors (Lipinski definition) is 0. The summed E-state index contributed by atoms with van der Waals surface area (Å²) in [4.78, 5) is 4.12. The lowest BCUT2D eigenvalue weighted by atomic mass is 9.86. The van der Waals surface area contributed by atoms with E-state index in [9.17, 15) is 13.2 Å². The van der Waals surface area contributed by atoms with Crippen molar-refractivity contribution in [3.05, 3.63) is 0 Å². The number of alkyl halides is 3. The van der Waals surface area contributed by atoms with E-state index < -0.39 is 12.7 Å². The molecule has 1 saturated carbocycles. The largest absolute Gasteiger partial charge is 0.401 e. The summed E-state index contributed by atoms with van der Waals surface area (Å²) in [6.07, 6.45) is 3.47. The van der Waals surface area contributed by atoms with Crippen molar-refractivity contribution in [1.82, 2.24) is 9.80 Å². The number of halogens is 3. The van der Waals surface area contributed by atoms with Crippen LogP contribution in [0.2, 0.25) is 0 Å². The van der Waals surface area contributed by atoms with Gasteiger partial charge >= 0.3 is 6.18 Å². The first kappa shape index (κ1) is 32.8. The molecule has 190 valence electrons. The summed E-state index contributed by atoms with van der Waals surface area (Å²) < 4.78 is 41.1. The van der Waals surface area contributed by atoms with E-state index in [0.717, 1.165) is 38.0 Å². The van der Waals surface area contributed by atoms with E-state index in [0.29, 0.717) is 19.0 Å². The molecule has 2 aliphatic heterocycles. The van der Waals surface area contributed by atoms with Gasteiger partial charge in [-0.3, -0.25) is 9.80 Å². The van der Waals surface area contributed by atoms with Crippen molar-refractivity contribution in [2.24, 2.45) is 11.8 Å². The minimum Gasteiger partial charge on any atom is -0.379 e. The molecule has 0 aromatic heterocycles. The molecule has 6 heteroatoms. The Kier molecular flexibility index (Phi) is 21.5. The predicted octanol–water partition coefficient (Wildman–Crippen LogP) is 7.26. The van der Waals surface area contributed by atoms with Crippen molar-refractivity contribution in [2.45, 2.75) is 106 Å². The Hall–Kier alpha value is -0.330. The summed E-state index contributed by atoms with van der Waals surface area (Å²) in [5.41, 5.74) is 0. The monoisotopic (exact) mass is 454 g/mol. The predicted molar refractivity (Wildman–Crippen MR) is 129 cm³/mol. The van der Waals surface area contributed by atoms with Gasteiger partial charge in [0.1, 0.15) is 0 Å². The van der Waals surface area contributed by atoms with E-state index in [1.54, 1.807) is 0 Å². The van der Waals surface area contributed by atoms with Crippen LogP contribution in [0.1, 0.15) is 93.9 Å². The van der Waals surface area contributed by atoms with Crippen LogP contribution in [-0.2, 0) is 4.74 Å². The average molecular weight is 455 g/mol. The Balaban J connectivity index is 0. The molecule has 0 bridgehead atoms. The molecular weight excluding hydrogens is 401 g/mol. The summed E-state index contributed by atoms with van der Waals surface area (Å²) in [6.45, 7) is 21.2. The zero-order chi connectivity index (χ0) is 24.3. The van der Waals surface area contributed by atoms with E-state index in [1.165, 1.54) is 43.7 Å². The summed E-state index contributed by atoms with van der Waals surface area (Å²) in [6, 6.07) is 0.875. The smallest absolute Gasteiger partial charge is 0.379 e. The second kappa shape index (κ2) is 20.3. The van der Waals surface area contributed by atoms with Crippen LogP contribution in [0.3, 0.4) is 0 Å². The van der Waals surface area contributed by atoms with Crippen molar-refractivity contribution >= 4 is 0 Å². The summed E-state index contributed by atoms with van der Waals surface area (Å²) in [5, 5.41) is 0. The first-order valence-corrected chi connectivity index (χ1v) is 12.9. The molecule has 0 atom stereocenters. The standard InChI is InChI=1S/C11H21NO.C8H14F3N.3C2H6/c1-10-2-4-11(5-3-10)12-6-8-13-9-7-12;1-7-2-4-12(5-3-7)6-8(9,10)11;3*1-2/h10-11H,2-9H2,1H3;7H,2-6H2,1H3;3*1-2H3. The SMILES string of the molecule is CC.CC.CC.CC1CCC(N2CCOCC2)CC1.CC1CCN(CC(F)(F)F)CC1. The fourth-order valence-corrected chi connectivity index (χ4v) is 4.02. The number of likely N-dealkylation sites (tertiary alicyclic amines) is 1. The third-order valence-corrected chi connectivity index (χ3v) is 5.83. The molecule has 3 aliphatic rings. The van der Waals surface area contributed by atoms with Crippen molar-refractivity contribution in [3.8, 4) is 0 Å². The highest BCUT2D eigenvalue weighted by atomic mass is 19.4. The van der Waals surface area contributed by atoms with Crippen LogP contribution < -0.4 is 0 Å². The van der Waals surface area contributed by atoms with Crippen molar-refractivity contribution < 1.29 is 17.9 Å². The lowest BCUT2D eigenvalue weighted by Gasteiger charge is -2.38. The zero-order valence-electron chi connectivity index (χ0n) is 21.9. The lowest BCUT2D eigenvalue weighted by Crippen LogP contribution is -2.44. The van der Waals surface area contributed by atoms with Crippen molar-refractivity contribution in [3.63, 3.8) is 0 Å². The maximum atomic E-state index is 11.9. The molecule has 0 amide bonds. The highest BCUT2D eigenvalue weighted by Crippen LogP contribution is 2.27. The molecule has 0 aromatic rings. The quantitative estimate of drug-likeness (QED) is 0.437. The topological polar surface area (TPSA) is 15.7 Å². The van der Waals surface area contributed by atoms with Gasteiger partial charge in [0, 0.05) is 19.1 Å². The highest BCUT2D eigenvalue weighted by molar-refractivity contribution is 4.79. The molecule has 3 fully saturated rings. The summed E-state index contributed by atoms with van der Waals surface area (Å²) in [7, 11) is 0. The molecule has 0 unspecified atom stereocenters. The minimum absolute atomic E-state index is 0.592. The Bertz CT molecular complexity index is 358. The van der Waals surface area contributed by atoms with E-state index >= 15 is 0 Å². The maximum absolute atomic E-state index is 11.9. The minimum atomic E-state index is -4.03. The van der Waals surface area contributed by atoms with Crippen molar-refractivity contribution in [2.75, 3.05) is 45.9 Å². The summed E-state index contributed by atoms with van der Waals surface area (Å²) >= 11 is 0. The van der Waals surface area contributed by atoms with E-state index in [-0.39, 0.29) is 0 Å². The van der Waals surface area contributed by atoms with Crippen LogP contribution in [0, 0.1) is 11.8 Å². The second-order valence-electron chi connectivity index (χ2n) is 8.14. The first-order valence-electron chi connectivity index (χ1n) is 12.9. The Morgan fingerprint density at radius 3 is 1.52 bits per heavy atom. The number of piperidine rings is 1.